The maximum absolute atomic E-state index is 11.8. The van der Waals surface area contributed by atoms with Crippen LogP contribution in [0.4, 0.5) is 0 Å². The van der Waals surface area contributed by atoms with E-state index in [1.54, 1.807) is 12.1 Å². The number of phenols is 1. The van der Waals surface area contributed by atoms with Crippen molar-refractivity contribution in [3.05, 3.63) is 56.2 Å². The quantitative estimate of drug-likeness (QED) is 0.436. The fraction of sp³-hybridized carbons (Fsp3) is 0.200. The summed E-state index contributed by atoms with van der Waals surface area (Å²) in [6.07, 6.45) is 1.15. The van der Waals surface area contributed by atoms with Crippen LogP contribution >= 0.6 is 0 Å². The molecule has 0 radical (unpaired) electrons. The van der Waals surface area contributed by atoms with Crippen LogP contribution in [0.15, 0.2) is 38.8 Å². The van der Waals surface area contributed by atoms with Gasteiger partial charge in [-0.05, 0) is 17.7 Å². The molecule has 1 atom stereocenters. The molecule has 2 rings (SSSR count). The summed E-state index contributed by atoms with van der Waals surface area (Å²) in [5.74, 6) is -1.21. The van der Waals surface area contributed by atoms with Crippen LogP contribution in [0.25, 0.3) is 0 Å². The summed E-state index contributed by atoms with van der Waals surface area (Å²) < 4.78 is 4.67. The number of aromatic amines is 2. The molecule has 0 spiro atoms. The van der Waals surface area contributed by atoms with Gasteiger partial charge >= 0.3 is 11.7 Å². The molecule has 0 aliphatic rings. The topological polar surface area (TPSA) is 145 Å². The molecule has 0 saturated carbocycles. The standard InChI is InChI=1S/C15H15N3O6/c1-24-14(22)11(6-8-2-4-9(19)5-3-8)16-7-10-12(20)17-15(23)18-13(10)21/h2-5,7,11,19H,6H2,1H3,(H3,17,18,20,21,23)/t11-/m1/s1. The lowest BCUT2D eigenvalue weighted by Crippen LogP contribution is -2.26. The number of methoxy groups -OCH3 is 1. The van der Waals surface area contributed by atoms with Crippen molar-refractivity contribution in [2.24, 2.45) is 4.99 Å². The molecule has 1 aromatic heterocycles. The van der Waals surface area contributed by atoms with E-state index in [0.29, 0.717) is 5.56 Å². The molecule has 0 amide bonds. The van der Waals surface area contributed by atoms with E-state index >= 15 is 0 Å². The van der Waals surface area contributed by atoms with Gasteiger partial charge in [0, 0.05) is 12.6 Å². The minimum Gasteiger partial charge on any atom is -0.508 e. The van der Waals surface area contributed by atoms with Gasteiger partial charge in [-0.25, -0.2) is 9.59 Å². The van der Waals surface area contributed by atoms with Gasteiger partial charge in [0.15, 0.2) is 6.04 Å². The number of esters is 1. The van der Waals surface area contributed by atoms with E-state index in [9.17, 15) is 24.6 Å². The van der Waals surface area contributed by atoms with Crippen molar-refractivity contribution in [1.82, 2.24) is 9.97 Å². The molecule has 4 N–H and O–H groups in total. The molecule has 0 aliphatic carbocycles. The zero-order valence-corrected chi connectivity index (χ0v) is 12.6. The number of benzene rings is 1. The summed E-state index contributed by atoms with van der Waals surface area (Å²) in [4.78, 5) is 42.4. The van der Waals surface area contributed by atoms with Crippen LogP contribution in [0, 0.1) is 0 Å². The molecule has 0 fully saturated rings. The average Bonchev–Trinajstić information content (AvgIpc) is 2.53. The number of aliphatic imine (C=N–C) groups is 1. The highest BCUT2D eigenvalue weighted by atomic mass is 16.5. The number of carbonyl (C=O) groups excluding carboxylic acids is 1. The van der Waals surface area contributed by atoms with Gasteiger partial charge in [0.25, 0.3) is 5.56 Å². The Bertz CT molecular complexity index is 866. The number of nitrogens with zero attached hydrogens (tertiary/aromatic N) is 1. The first-order chi connectivity index (χ1) is 11.4. The van der Waals surface area contributed by atoms with Gasteiger partial charge in [-0.2, -0.15) is 0 Å². The Morgan fingerprint density at radius 1 is 1.25 bits per heavy atom. The first-order valence-corrected chi connectivity index (χ1v) is 6.85. The molecule has 2 aromatic rings. The van der Waals surface area contributed by atoms with E-state index < -0.39 is 29.1 Å². The molecule has 0 unspecified atom stereocenters. The van der Waals surface area contributed by atoms with Crippen molar-refractivity contribution in [2.75, 3.05) is 7.11 Å². The van der Waals surface area contributed by atoms with E-state index in [1.165, 1.54) is 19.2 Å². The monoisotopic (exact) mass is 333 g/mol. The predicted molar refractivity (Wildman–Crippen MR) is 84.6 cm³/mol. The van der Waals surface area contributed by atoms with Crippen LogP contribution in [0.1, 0.15) is 11.1 Å². The van der Waals surface area contributed by atoms with Crippen molar-refractivity contribution in [1.29, 1.82) is 0 Å². The lowest BCUT2D eigenvalue weighted by molar-refractivity contribution is -0.142. The van der Waals surface area contributed by atoms with Crippen LogP contribution in [-0.4, -0.2) is 45.5 Å². The van der Waals surface area contributed by atoms with E-state index in [2.05, 4.69) is 9.73 Å². The van der Waals surface area contributed by atoms with Gasteiger partial charge in [0.2, 0.25) is 5.88 Å². The number of hydrogen-bond donors (Lipinski definition) is 4. The summed E-state index contributed by atoms with van der Waals surface area (Å²) in [6.45, 7) is 0. The molecule has 24 heavy (non-hydrogen) atoms. The Kier molecular flexibility index (Phi) is 5.15. The minimum absolute atomic E-state index is 0.0848. The van der Waals surface area contributed by atoms with Gasteiger partial charge < -0.3 is 14.9 Å². The summed E-state index contributed by atoms with van der Waals surface area (Å²) in [5.41, 5.74) is -1.27. The molecular formula is C15H15N3O6. The number of aromatic nitrogens is 2. The number of ether oxygens (including phenoxy) is 1. The third-order valence-electron chi connectivity index (χ3n) is 3.18. The fourth-order valence-electron chi connectivity index (χ4n) is 1.96. The van der Waals surface area contributed by atoms with Crippen molar-refractivity contribution in [3.8, 4) is 11.6 Å². The smallest absolute Gasteiger partial charge is 0.330 e. The Balaban J connectivity index is 2.29. The highest BCUT2D eigenvalue weighted by Gasteiger charge is 2.19. The fourth-order valence-corrected chi connectivity index (χ4v) is 1.96. The molecule has 1 aromatic carbocycles. The summed E-state index contributed by atoms with van der Waals surface area (Å²) >= 11 is 0. The molecule has 126 valence electrons. The summed E-state index contributed by atoms with van der Waals surface area (Å²) in [5, 5.41) is 18.9. The van der Waals surface area contributed by atoms with Gasteiger partial charge in [-0.3, -0.25) is 19.8 Å². The van der Waals surface area contributed by atoms with Crippen LogP contribution in [-0.2, 0) is 16.0 Å². The highest BCUT2D eigenvalue weighted by molar-refractivity contribution is 5.85. The van der Waals surface area contributed by atoms with Crippen molar-refractivity contribution in [3.63, 3.8) is 0 Å². The lowest BCUT2D eigenvalue weighted by atomic mass is 10.1. The third kappa shape index (κ3) is 4.09. The minimum atomic E-state index is -0.967. The van der Waals surface area contributed by atoms with Crippen molar-refractivity contribution in [2.45, 2.75) is 12.5 Å². The van der Waals surface area contributed by atoms with Crippen molar-refractivity contribution >= 4 is 12.2 Å². The Morgan fingerprint density at radius 2 is 1.92 bits per heavy atom. The van der Waals surface area contributed by atoms with Gasteiger partial charge in [-0.15, -0.1) is 0 Å². The number of nitrogens with one attached hydrogen (secondary N) is 2. The van der Waals surface area contributed by atoms with E-state index in [0.717, 1.165) is 6.21 Å². The van der Waals surface area contributed by atoms with Crippen LogP contribution in [0.5, 0.6) is 11.6 Å². The normalized spacial score (nSPS) is 12.2. The van der Waals surface area contributed by atoms with E-state index in [1.807, 2.05) is 9.97 Å². The first-order valence-electron chi connectivity index (χ1n) is 6.85. The molecule has 0 aliphatic heterocycles. The van der Waals surface area contributed by atoms with Crippen LogP contribution in [0.2, 0.25) is 0 Å². The predicted octanol–water partition coefficient (Wildman–Crippen LogP) is -0.322. The Morgan fingerprint density at radius 3 is 2.50 bits per heavy atom. The maximum Gasteiger partial charge on any atom is 0.330 e. The lowest BCUT2D eigenvalue weighted by Gasteiger charge is -2.10. The van der Waals surface area contributed by atoms with E-state index in [4.69, 9.17) is 0 Å². The average molecular weight is 333 g/mol. The number of carbonyl (C=O) groups is 1. The molecule has 0 saturated heterocycles. The number of hydrogen-bond acceptors (Lipinski definition) is 7. The number of rotatable bonds is 5. The highest BCUT2D eigenvalue weighted by Crippen LogP contribution is 2.13. The largest absolute Gasteiger partial charge is 0.508 e. The van der Waals surface area contributed by atoms with Gasteiger partial charge in [0.1, 0.15) is 11.3 Å². The molecule has 1 heterocycles. The second kappa shape index (κ2) is 7.27. The second-order valence-corrected chi connectivity index (χ2v) is 4.86. The number of H-pyrrole nitrogens is 2. The molecular weight excluding hydrogens is 318 g/mol. The van der Waals surface area contributed by atoms with Gasteiger partial charge in [-0.1, -0.05) is 12.1 Å². The van der Waals surface area contributed by atoms with E-state index in [-0.39, 0.29) is 17.7 Å². The SMILES string of the molecule is COC(=O)[C@@H](Cc1ccc(O)cc1)N=Cc1c(O)[nH]c(=O)[nH]c1=O. The Labute approximate surface area is 135 Å². The second-order valence-electron chi connectivity index (χ2n) is 4.86. The zero-order chi connectivity index (χ0) is 17.7. The van der Waals surface area contributed by atoms with Crippen LogP contribution < -0.4 is 11.2 Å². The first kappa shape index (κ1) is 17.0. The third-order valence-corrected chi connectivity index (χ3v) is 3.18. The van der Waals surface area contributed by atoms with Crippen LogP contribution in [0.3, 0.4) is 0 Å². The molecule has 9 nitrogen and oxygen atoms in total. The summed E-state index contributed by atoms with van der Waals surface area (Å²) in [6, 6.07) is 5.19. The number of phenolic OH excluding ortho intramolecular Hbond substituents is 1. The van der Waals surface area contributed by atoms with Gasteiger partial charge in [0.05, 0.1) is 7.11 Å². The van der Waals surface area contributed by atoms with Crippen molar-refractivity contribution < 1.29 is 19.7 Å². The zero-order valence-electron chi connectivity index (χ0n) is 12.6. The number of aromatic hydroxyl groups is 2. The molecule has 0 bridgehead atoms. The Hall–Kier alpha value is -3.36. The maximum atomic E-state index is 11.8. The molecule has 9 heteroatoms. The summed E-state index contributed by atoms with van der Waals surface area (Å²) in [7, 11) is 1.20.